The van der Waals surface area contributed by atoms with Gasteiger partial charge in [-0.15, -0.1) is 0 Å². The molecule has 3 N–H and O–H groups in total. The number of para-hydroxylation sites is 2. The number of carbonyl (C=O) groups excluding carboxylic acids is 3. The van der Waals surface area contributed by atoms with E-state index >= 15 is 0 Å². The SMILES string of the molecule is Cc1ccccc1NC(=O)CCC1NC(=O)c2ccccc2NC1=O. The highest BCUT2D eigenvalue weighted by Crippen LogP contribution is 2.19. The molecule has 0 radical (unpaired) electrons. The van der Waals surface area contributed by atoms with Gasteiger partial charge in [-0.2, -0.15) is 0 Å². The summed E-state index contributed by atoms with van der Waals surface area (Å²) in [4.78, 5) is 36.7. The number of anilines is 2. The predicted molar refractivity (Wildman–Crippen MR) is 95.4 cm³/mol. The molecule has 3 rings (SSSR count). The second-order valence-corrected chi connectivity index (χ2v) is 5.96. The maximum absolute atomic E-state index is 12.3. The van der Waals surface area contributed by atoms with Crippen LogP contribution >= 0.6 is 0 Å². The van der Waals surface area contributed by atoms with Gasteiger partial charge in [0.15, 0.2) is 0 Å². The van der Waals surface area contributed by atoms with E-state index in [0.29, 0.717) is 11.3 Å². The Morgan fingerprint density at radius 3 is 2.60 bits per heavy atom. The molecule has 1 heterocycles. The molecule has 6 nitrogen and oxygen atoms in total. The monoisotopic (exact) mass is 337 g/mol. The van der Waals surface area contributed by atoms with Crippen molar-refractivity contribution in [2.75, 3.05) is 10.6 Å². The Morgan fingerprint density at radius 2 is 1.80 bits per heavy atom. The van der Waals surface area contributed by atoms with Gasteiger partial charge in [0.25, 0.3) is 5.91 Å². The number of carbonyl (C=O) groups is 3. The van der Waals surface area contributed by atoms with E-state index in [-0.39, 0.29) is 30.6 Å². The topological polar surface area (TPSA) is 87.3 Å². The van der Waals surface area contributed by atoms with E-state index in [4.69, 9.17) is 0 Å². The number of aryl methyl sites for hydroxylation is 1. The molecule has 0 saturated heterocycles. The summed E-state index contributed by atoms with van der Waals surface area (Å²) in [5, 5.41) is 8.24. The van der Waals surface area contributed by atoms with Crippen LogP contribution in [0, 0.1) is 6.92 Å². The largest absolute Gasteiger partial charge is 0.340 e. The summed E-state index contributed by atoms with van der Waals surface area (Å²) in [5.74, 6) is -0.835. The van der Waals surface area contributed by atoms with Gasteiger partial charge >= 0.3 is 0 Å². The van der Waals surface area contributed by atoms with Crippen molar-refractivity contribution in [3.63, 3.8) is 0 Å². The fourth-order valence-corrected chi connectivity index (χ4v) is 2.72. The summed E-state index contributed by atoms with van der Waals surface area (Å²) in [5.41, 5.74) is 2.61. The molecule has 0 aliphatic carbocycles. The molecule has 0 spiro atoms. The molecule has 25 heavy (non-hydrogen) atoms. The Bertz CT molecular complexity index is 832. The number of rotatable bonds is 4. The summed E-state index contributed by atoms with van der Waals surface area (Å²) in [6, 6.07) is 13.5. The average Bonchev–Trinajstić information content (AvgIpc) is 2.72. The molecule has 3 amide bonds. The van der Waals surface area contributed by atoms with E-state index < -0.39 is 6.04 Å². The maximum atomic E-state index is 12.3. The fraction of sp³-hybridized carbons (Fsp3) is 0.211. The van der Waals surface area contributed by atoms with Gasteiger partial charge in [-0.25, -0.2) is 0 Å². The lowest BCUT2D eigenvalue weighted by Gasteiger charge is -2.14. The van der Waals surface area contributed by atoms with Crippen molar-refractivity contribution in [1.29, 1.82) is 0 Å². The summed E-state index contributed by atoms with van der Waals surface area (Å²) in [6.07, 6.45) is 0.353. The maximum Gasteiger partial charge on any atom is 0.254 e. The minimum atomic E-state index is -0.748. The number of amides is 3. The number of benzene rings is 2. The minimum Gasteiger partial charge on any atom is -0.340 e. The smallest absolute Gasteiger partial charge is 0.254 e. The molecule has 0 bridgehead atoms. The molecular weight excluding hydrogens is 318 g/mol. The third-order valence-electron chi connectivity index (χ3n) is 4.13. The first-order chi connectivity index (χ1) is 12.0. The summed E-state index contributed by atoms with van der Waals surface area (Å²) < 4.78 is 0. The van der Waals surface area contributed by atoms with E-state index in [1.54, 1.807) is 24.3 Å². The van der Waals surface area contributed by atoms with Crippen LogP contribution in [0.2, 0.25) is 0 Å². The zero-order valence-corrected chi connectivity index (χ0v) is 13.8. The van der Waals surface area contributed by atoms with Crippen LogP contribution in [0.4, 0.5) is 11.4 Å². The predicted octanol–water partition coefficient (Wildman–Crippen LogP) is 2.46. The minimum absolute atomic E-state index is 0.128. The summed E-state index contributed by atoms with van der Waals surface area (Å²) in [6.45, 7) is 1.91. The molecule has 2 aromatic rings. The number of fused-ring (bicyclic) bond motifs is 1. The summed E-state index contributed by atoms with van der Waals surface area (Å²) >= 11 is 0. The van der Waals surface area contributed by atoms with Crippen LogP contribution in [0.25, 0.3) is 0 Å². The van der Waals surface area contributed by atoms with Gasteiger partial charge in [0.2, 0.25) is 11.8 Å². The van der Waals surface area contributed by atoms with Crippen molar-refractivity contribution in [2.24, 2.45) is 0 Å². The van der Waals surface area contributed by atoms with Crippen LogP contribution in [0.15, 0.2) is 48.5 Å². The number of hydrogen-bond donors (Lipinski definition) is 3. The van der Waals surface area contributed by atoms with Crippen LogP contribution in [-0.4, -0.2) is 23.8 Å². The Labute approximate surface area is 145 Å². The van der Waals surface area contributed by atoms with E-state index in [9.17, 15) is 14.4 Å². The van der Waals surface area contributed by atoms with Crippen molar-refractivity contribution in [3.05, 3.63) is 59.7 Å². The van der Waals surface area contributed by atoms with Crippen molar-refractivity contribution in [3.8, 4) is 0 Å². The van der Waals surface area contributed by atoms with E-state index in [2.05, 4.69) is 16.0 Å². The summed E-state index contributed by atoms with van der Waals surface area (Å²) in [7, 11) is 0. The molecular formula is C19H19N3O3. The Balaban J connectivity index is 1.62. The zero-order valence-electron chi connectivity index (χ0n) is 13.8. The highest BCUT2D eigenvalue weighted by Gasteiger charge is 2.27. The van der Waals surface area contributed by atoms with Gasteiger partial charge in [-0.1, -0.05) is 30.3 Å². The molecule has 1 atom stereocenters. The van der Waals surface area contributed by atoms with Crippen LogP contribution in [0.3, 0.4) is 0 Å². The zero-order chi connectivity index (χ0) is 17.8. The van der Waals surface area contributed by atoms with E-state index in [0.717, 1.165) is 11.3 Å². The first-order valence-electron chi connectivity index (χ1n) is 8.11. The molecule has 1 aliphatic heterocycles. The average molecular weight is 337 g/mol. The van der Waals surface area contributed by atoms with Crippen molar-refractivity contribution in [2.45, 2.75) is 25.8 Å². The lowest BCUT2D eigenvalue weighted by atomic mass is 10.1. The van der Waals surface area contributed by atoms with Crippen LogP contribution in [0.5, 0.6) is 0 Å². The fourth-order valence-electron chi connectivity index (χ4n) is 2.72. The Kier molecular flexibility index (Phi) is 4.79. The lowest BCUT2D eigenvalue weighted by Crippen LogP contribution is -2.41. The second-order valence-electron chi connectivity index (χ2n) is 5.96. The van der Waals surface area contributed by atoms with Gasteiger partial charge in [0.1, 0.15) is 6.04 Å². The lowest BCUT2D eigenvalue weighted by molar-refractivity contribution is -0.118. The molecule has 0 saturated carbocycles. The first-order valence-corrected chi connectivity index (χ1v) is 8.11. The standard InChI is InChI=1S/C19H19N3O3/c1-12-6-2-4-8-14(12)20-17(23)11-10-16-19(25)21-15-9-5-3-7-13(15)18(24)22-16/h2-9,16H,10-11H2,1H3,(H,20,23)(H,21,25)(H,22,24). The first kappa shape index (κ1) is 16.7. The second kappa shape index (κ2) is 7.17. The van der Waals surface area contributed by atoms with Crippen molar-refractivity contribution in [1.82, 2.24) is 5.32 Å². The third-order valence-corrected chi connectivity index (χ3v) is 4.13. The van der Waals surface area contributed by atoms with E-state index in [1.165, 1.54) is 0 Å². The van der Waals surface area contributed by atoms with Crippen LogP contribution < -0.4 is 16.0 Å². The molecule has 0 fully saturated rings. The van der Waals surface area contributed by atoms with Gasteiger partial charge in [0, 0.05) is 12.1 Å². The van der Waals surface area contributed by atoms with E-state index in [1.807, 2.05) is 31.2 Å². The molecule has 128 valence electrons. The van der Waals surface area contributed by atoms with Gasteiger partial charge in [-0.05, 0) is 37.1 Å². The van der Waals surface area contributed by atoms with Gasteiger partial charge in [0.05, 0.1) is 11.3 Å². The molecule has 6 heteroatoms. The highest BCUT2D eigenvalue weighted by atomic mass is 16.2. The third kappa shape index (κ3) is 3.85. The molecule has 2 aromatic carbocycles. The van der Waals surface area contributed by atoms with Crippen molar-refractivity contribution >= 4 is 29.1 Å². The quantitative estimate of drug-likeness (QED) is 0.801. The van der Waals surface area contributed by atoms with Crippen LogP contribution in [0.1, 0.15) is 28.8 Å². The van der Waals surface area contributed by atoms with Crippen LogP contribution in [-0.2, 0) is 9.59 Å². The normalized spacial score (nSPS) is 16.3. The molecule has 1 aliphatic rings. The highest BCUT2D eigenvalue weighted by molar-refractivity contribution is 6.10. The Morgan fingerprint density at radius 1 is 1.08 bits per heavy atom. The van der Waals surface area contributed by atoms with Gasteiger partial charge < -0.3 is 16.0 Å². The Hall–Kier alpha value is -3.15. The van der Waals surface area contributed by atoms with Gasteiger partial charge in [-0.3, -0.25) is 14.4 Å². The number of nitrogens with one attached hydrogen (secondary N) is 3. The molecule has 1 unspecified atom stereocenters. The van der Waals surface area contributed by atoms with Crippen molar-refractivity contribution < 1.29 is 14.4 Å². The number of hydrogen-bond acceptors (Lipinski definition) is 3. The molecule has 0 aromatic heterocycles.